The molecule has 0 saturated heterocycles. The van der Waals surface area contributed by atoms with Crippen LogP contribution in [0.25, 0.3) is 11.0 Å². The summed E-state index contributed by atoms with van der Waals surface area (Å²) in [7, 11) is 0. The standard InChI is InChI=1S/C10H14N4O2/c15-2-1-7(5-16)3-8-10-9(14-13-8)4-11-6-12-10/h4,6-7,15-16H,1-3,5H2,(H,13,14). The van der Waals surface area contributed by atoms with Gasteiger partial charge in [0.25, 0.3) is 0 Å². The lowest BCUT2D eigenvalue weighted by molar-refractivity contribution is 0.182. The van der Waals surface area contributed by atoms with E-state index in [1.807, 2.05) is 0 Å². The third kappa shape index (κ3) is 2.17. The zero-order valence-corrected chi connectivity index (χ0v) is 8.80. The Bertz CT molecular complexity index is 457. The van der Waals surface area contributed by atoms with Crippen molar-refractivity contribution in [1.29, 1.82) is 0 Å². The highest BCUT2D eigenvalue weighted by atomic mass is 16.3. The van der Waals surface area contributed by atoms with Crippen molar-refractivity contribution in [3.8, 4) is 0 Å². The molecule has 3 N–H and O–H groups in total. The molecule has 1 unspecified atom stereocenters. The number of aromatic amines is 1. The topological polar surface area (TPSA) is 94.9 Å². The minimum atomic E-state index is 0.0311. The number of fused-ring (bicyclic) bond motifs is 1. The maximum absolute atomic E-state index is 9.15. The van der Waals surface area contributed by atoms with Crippen LogP contribution in [0.15, 0.2) is 12.5 Å². The summed E-state index contributed by atoms with van der Waals surface area (Å²) in [6.45, 7) is 0.123. The number of aromatic nitrogens is 4. The molecule has 2 rings (SSSR count). The Hall–Kier alpha value is -1.53. The molecule has 6 nitrogen and oxygen atoms in total. The lowest BCUT2D eigenvalue weighted by Crippen LogP contribution is -2.12. The van der Waals surface area contributed by atoms with E-state index < -0.39 is 0 Å². The lowest BCUT2D eigenvalue weighted by Gasteiger charge is -2.10. The summed E-state index contributed by atoms with van der Waals surface area (Å²) in [5.41, 5.74) is 2.38. The molecule has 0 aliphatic heterocycles. The minimum absolute atomic E-state index is 0.0311. The first kappa shape index (κ1) is 11.0. The average molecular weight is 222 g/mol. The second-order valence-corrected chi connectivity index (χ2v) is 3.72. The van der Waals surface area contributed by atoms with E-state index in [1.165, 1.54) is 6.33 Å². The van der Waals surface area contributed by atoms with Crippen molar-refractivity contribution in [3.05, 3.63) is 18.2 Å². The number of H-pyrrole nitrogens is 1. The summed E-state index contributed by atoms with van der Waals surface area (Å²) in [5.74, 6) is 0.0311. The van der Waals surface area contributed by atoms with Gasteiger partial charge in [-0.15, -0.1) is 0 Å². The van der Waals surface area contributed by atoms with Crippen molar-refractivity contribution in [3.63, 3.8) is 0 Å². The van der Waals surface area contributed by atoms with Crippen molar-refractivity contribution >= 4 is 11.0 Å². The van der Waals surface area contributed by atoms with Crippen molar-refractivity contribution in [2.24, 2.45) is 5.92 Å². The molecule has 2 aromatic rings. The third-order valence-corrected chi connectivity index (χ3v) is 2.58. The quantitative estimate of drug-likeness (QED) is 0.656. The van der Waals surface area contributed by atoms with Gasteiger partial charge >= 0.3 is 0 Å². The molecule has 0 bridgehead atoms. The van der Waals surface area contributed by atoms with E-state index in [-0.39, 0.29) is 19.1 Å². The molecule has 0 saturated carbocycles. The van der Waals surface area contributed by atoms with Crippen LogP contribution < -0.4 is 0 Å². The Balaban J connectivity index is 2.20. The Morgan fingerprint density at radius 2 is 2.25 bits per heavy atom. The van der Waals surface area contributed by atoms with Gasteiger partial charge < -0.3 is 10.2 Å². The van der Waals surface area contributed by atoms with E-state index in [9.17, 15) is 0 Å². The number of nitrogens with one attached hydrogen (secondary N) is 1. The predicted octanol–water partition coefficient (Wildman–Crippen LogP) is -0.114. The van der Waals surface area contributed by atoms with Gasteiger partial charge in [-0.05, 0) is 18.8 Å². The van der Waals surface area contributed by atoms with Crippen LogP contribution in [0.1, 0.15) is 12.1 Å². The molecule has 1 atom stereocenters. The van der Waals surface area contributed by atoms with Gasteiger partial charge in [0.05, 0.1) is 11.9 Å². The number of aliphatic hydroxyl groups is 2. The molecule has 0 radical (unpaired) electrons. The summed E-state index contributed by atoms with van der Waals surface area (Å²) >= 11 is 0. The van der Waals surface area contributed by atoms with Crippen LogP contribution in [0.5, 0.6) is 0 Å². The maximum atomic E-state index is 9.15. The number of rotatable bonds is 5. The van der Waals surface area contributed by atoms with Gasteiger partial charge in [0.15, 0.2) is 0 Å². The van der Waals surface area contributed by atoms with Crippen molar-refractivity contribution in [1.82, 2.24) is 20.2 Å². The van der Waals surface area contributed by atoms with Crippen LogP contribution in [0, 0.1) is 5.92 Å². The normalized spacial score (nSPS) is 13.1. The highest BCUT2D eigenvalue weighted by Crippen LogP contribution is 2.16. The predicted molar refractivity (Wildman–Crippen MR) is 57.7 cm³/mol. The number of nitrogens with zero attached hydrogens (tertiary/aromatic N) is 3. The Labute approximate surface area is 92.4 Å². The van der Waals surface area contributed by atoms with Gasteiger partial charge in [-0.1, -0.05) is 0 Å². The molecule has 2 aromatic heterocycles. The largest absolute Gasteiger partial charge is 0.396 e. The second kappa shape index (κ2) is 5.00. The summed E-state index contributed by atoms with van der Waals surface area (Å²) in [5, 5.41) is 25.0. The zero-order chi connectivity index (χ0) is 11.4. The van der Waals surface area contributed by atoms with Gasteiger partial charge in [0, 0.05) is 13.2 Å². The van der Waals surface area contributed by atoms with Crippen LogP contribution in [-0.2, 0) is 6.42 Å². The smallest absolute Gasteiger partial charge is 0.129 e. The lowest BCUT2D eigenvalue weighted by atomic mass is 10.0. The van der Waals surface area contributed by atoms with Crippen molar-refractivity contribution < 1.29 is 10.2 Å². The van der Waals surface area contributed by atoms with Gasteiger partial charge in [-0.3, -0.25) is 5.10 Å². The third-order valence-electron chi connectivity index (χ3n) is 2.58. The Morgan fingerprint density at radius 1 is 1.38 bits per heavy atom. The van der Waals surface area contributed by atoms with E-state index in [0.717, 1.165) is 16.7 Å². The monoisotopic (exact) mass is 222 g/mol. The van der Waals surface area contributed by atoms with Crippen LogP contribution >= 0.6 is 0 Å². The van der Waals surface area contributed by atoms with E-state index in [2.05, 4.69) is 20.2 Å². The molecule has 0 aliphatic rings. The maximum Gasteiger partial charge on any atom is 0.129 e. The van der Waals surface area contributed by atoms with Gasteiger partial charge in [0.2, 0.25) is 0 Å². The molecule has 86 valence electrons. The fourth-order valence-corrected chi connectivity index (χ4v) is 1.69. The molecule has 16 heavy (non-hydrogen) atoms. The molecule has 0 fully saturated rings. The highest BCUT2D eigenvalue weighted by molar-refractivity contribution is 5.75. The first-order chi connectivity index (χ1) is 7.85. The number of hydrogen-bond acceptors (Lipinski definition) is 5. The fourth-order valence-electron chi connectivity index (χ4n) is 1.69. The van der Waals surface area contributed by atoms with Gasteiger partial charge in [0.1, 0.15) is 17.4 Å². The molecule has 0 aliphatic carbocycles. The van der Waals surface area contributed by atoms with Crippen LogP contribution in [0.4, 0.5) is 0 Å². The first-order valence-electron chi connectivity index (χ1n) is 5.19. The van der Waals surface area contributed by atoms with Crippen LogP contribution in [-0.4, -0.2) is 43.6 Å². The molecule has 0 spiro atoms. The minimum Gasteiger partial charge on any atom is -0.396 e. The average Bonchev–Trinajstić information content (AvgIpc) is 2.72. The summed E-state index contributed by atoms with van der Waals surface area (Å²) in [4.78, 5) is 8.02. The molecular weight excluding hydrogens is 208 g/mol. The van der Waals surface area contributed by atoms with Crippen molar-refractivity contribution in [2.75, 3.05) is 13.2 Å². The van der Waals surface area contributed by atoms with Crippen LogP contribution in [0.3, 0.4) is 0 Å². The zero-order valence-electron chi connectivity index (χ0n) is 8.80. The number of hydrogen-bond donors (Lipinski definition) is 3. The summed E-state index contributed by atoms with van der Waals surface area (Å²) in [6.07, 6.45) is 4.32. The van der Waals surface area contributed by atoms with Gasteiger partial charge in [-0.2, -0.15) is 5.10 Å². The van der Waals surface area contributed by atoms with Crippen molar-refractivity contribution in [2.45, 2.75) is 12.8 Å². The summed E-state index contributed by atoms with van der Waals surface area (Å²) in [6, 6.07) is 0. The second-order valence-electron chi connectivity index (χ2n) is 3.72. The Morgan fingerprint density at radius 3 is 3.00 bits per heavy atom. The molecule has 0 aromatic carbocycles. The molecule has 6 heteroatoms. The molecule has 2 heterocycles. The molecular formula is C10H14N4O2. The van der Waals surface area contributed by atoms with E-state index in [0.29, 0.717) is 12.8 Å². The molecule has 0 amide bonds. The summed E-state index contributed by atoms with van der Waals surface area (Å²) < 4.78 is 0. The van der Waals surface area contributed by atoms with Gasteiger partial charge in [-0.25, -0.2) is 9.97 Å². The first-order valence-corrected chi connectivity index (χ1v) is 5.19. The SMILES string of the molecule is OCCC(CO)Cc1[nH]nc2cncnc12. The van der Waals surface area contributed by atoms with E-state index in [4.69, 9.17) is 10.2 Å². The number of aliphatic hydroxyl groups excluding tert-OH is 2. The fraction of sp³-hybridized carbons (Fsp3) is 0.500. The Kier molecular flexibility index (Phi) is 3.43. The van der Waals surface area contributed by atoms with Crippen LogP contribution in [0.2, 0.25) is 0 Å². The van der Waals surface area contributed by atoms with E-state index >= 15 is 0 Å². The highest BCUT2D eigenvalue weighted by Gasteiger charge is 2.13. The van der Waals surface area contributed by atoms with E-state index in [1.54, 1.807) is 6.20 Å².